The molecule has 0 bridgehead atoms. The number of hydroxylamine groups is 2. The van der Waals surface area contributed by atoms with Crippen LogP contribution in [0.15, 0.2) is 0 Å². The highest BCUT2D eigenvalue weighted by molar-refractivity contribution is 6.01. The number of aliphatic hydroxyl groups excluding tert-OH is 7. The molecule has 3 saturated heterocycles. The van der Waals surface area contributed by atoms with Crippen LogP contribution in [-0.2, 0) is 52.6 Å². The van der Waals surface area contributed by atoms with E-state index in [-0.39, 0.29) is 58.7 Å². The van der Waals surface area contributed by atoms with Gasteiger partial charge in [0.25, 0.3) is 11.8 Å². The average molecular weight is 796 g/mol. The number of nitrogens with one attached hydrogen (secondary N) is 3. The normalized spacial score (nSPS) is 29.7. The molecule has 5 amide bonds. The number of unbranched alkanes of at least 4 members (excludes halogenated alkanes) is 2. The second-order valence-electron chi connectivity index (χ2n) is 13.2. The predicted molar refractivity (Wildman–Crippen MR) is 179 cm³/mol. The molecule has 0 aromatic rings. The van der Waals surface area contributed by atoms with E-state index in [1.807, 2.05) is 0 Å². The van der Waals surface area contributed by atoms with Crippen LogP contribution in [0.2, 0.25) is 0 Å². The van der Waals surface area contributed by atoms with Crippen molar-refractivity contribution in [3.63, 3.8) is 0 Å². The van der Waals surface area contributed by atoms with Gasteiger partial charge in [-0.15, -0.1) is 5.06 Å². The van der Waals surface area contributed by atoms with Crippen LogP contribution in [-0.4, -0.2) is 202 Å². The van der Waals surface area contributed by atoms with Gasteiger partial charge in [0.2, 0.25) is 17.7 Å². The van der Waals surface area contributed by atoms with Crippen molar-refractivity contribution in [3.05, 3.63) is 0 Å². The highest BCUT2D eigenvalue weighted by atomic mass is 16.7. The third-order valence-corrected chi connectivity index (χ3v) is 8.75. The maximum Gasteiger partial charge on any atom is 0.333 e. The summed E-state index contributed by atoms with van der Waals surface area (Å²) in [7, 11) is 0. The van der Waals surface area contributed by atoms with Crippen molar-refractivity contribution in [2.24, 2.45) is 0 Å². The lowest BCUT2D eigenvalue weighted by Crippen LogP contribution is -2.59. The average Bonchev–Trinajstić information content (AvgIpc) is 3.46. The monoisotopic (exact) mass is 795 g/mol. The summed E-state index contributed by atoms with van der Waals surface area (Å²) >= 11 is 0. The van der Waals surface area contributed by atoms with Crippen LogP contribution < -0.4 is 16.0 Å². The van der Waals surface area contributed by atoms with Gasteiger partial charge in [0.15, 0.2) is 12.6 Å². The van der Waals surface area contributed by atoms with Crippen LogP contribution in [0.25, 0.3) is 0 Å². The van der Waals surface area contributed by atoms with E-state index in [2.05, 4.69) is 16.0 Å². The van der Waals surface area contributed by atoms with E-state index in [9.17, 15) is 64.5 Å². The van der Waals surface area contributed by atoms with Gasteiger partial charge in [0.1, 0.15) is 42.7 Å². The van der Waals surface area contributed by atoms with E-state index in [0.717, 1.165) is 0 Å². The van der Waals surface area contributed by atoms with Crippen LogP contribution in [0.4, 0.5) is 0 Å². The maximum atomic E-state index is 12.8. The Balaban J connectivity index is 1.42. The number of hydrogen-bond donors (Lipinski definition) is 10. The Morgan fingerprint density at radius 3 is 1.71 bits per heavy atom. The van der Waals surface area contributed by atoms with Gasteiger partial charge in [-0.1, -0.05) is 6.42 Å². The zero-order valence-corrected chi connectivity index (χ0v) is 30.4. The Bertz CT molecular complexity index is 1280. The van der Waals surface area contributed by atoms with Crippen molar-refractivity contribution in [2.45, 2.75) is 107 Å². The van der Waals surface area contributed by atoms with Crippen LogP contribution in [0.1, 0.15) is 45.4 Å². The predicted octanol–water partition coefficient (Wildman–Crippen LogP) is -6.53. The molecular weight excluding hydrogens is 742 g/mol. The quantitative estimate of drug-likeness (QED) is 0.0360. The molecule has 0 radical (unpaired) electrons. The summed E-state index contributed by atoms with van der Waals surface area (Å²) in [4.78, 5) is 79.4. The summed E-state index contributed by atoms with van der Waals surface area (Å²) in [6.07, 6.45) is -12.7. The summed E-state index contributed by atoms with van der Waals surface area (Å²) < 4.78 is 21.3. The van der Waals surface area contributed by atoms with Crippen molar-refractivity contribution in [3.8, 4) is 0 Å². The van der Waals surface area contributed by atoms with Gasteiger partial charge in [0, 0.05) is 38.9 Å². The summed E-state index contributed by atoms with van der Waals surface area (Å²) in [5, 5.41) is 77.2. The van der Waals surface area contributed by atoms with Crippen molar-refractivity contribution in [1.82, 2.24) is 25.9 Å². The van der Waals surface area contributed by atoms with E-state index in [0.29, 0.717) is 24.3 Å². The third-order valence-electron chi connectivity index (χ3n) is 8.75. The molecule has 10 atom stereocenters. The molecule has 23 nitrogen and oxygen atoms in total. The molecule has 23 heteroatoms. The highest BCUT2D eigenvalue weighted by Gasteiger charge is 2.44. The molecule has 0 spiro atoms. The fourth-order valence-corrected chi connectivity index (χ4v) is 5.64. The molecule has 3 aliphatic heterocycles. The summed E-state index contributed by atoms with van der Waals surface area (Å²) in [6, 6.07) is 0. The Kier molecular flexibility index (Phi) is 19.2. The molecular formula is C32H53N5O18. The molecule has 0 unspecified atom stereocenters. The largest absolute Gasteiger partial charge is 0.394 e. The molecule has 3 fully saturated rings. The summed E-state index contributed by atoms with van der Waals surface area (Å²) in [6.45, 7) is -0.817. The lowest BCUT2D eigenvalue weighted by atomic mass is 9.99. The number of amides is 5. The fourth-order valence-electron chi connectivity index (χ4n) is 5.64. The van der Waals surface area contributed by atoms with E-state index >= 15 is 0 Å². The first-order chi connectivity index (χ1) is 26.1. The summed E-state index contributed by atoms with van der Waals surface area (Å²) in [5.41, 5.74) is 0. The highest BCUT2D eigenvalue weighted by Crippen LogP contribution is 2.23. The number of rotatable bonds is 22. The number of ether oxygens (including phenoxy) is 4. The topological polar surface area (TPSA) is 333 Å². The molecule has 0 saturated carbocycles. The molecule has 55 heavy (non-hydrogen) atoms. The molecule has 3 rings (SSSR count). The van der Waals surface area contributed by atoms with Gasteiger partial charge in [-0.05, 0) is 19.8 Å². The first-order valence-electron chi connectivity index (χ1n) is 17.9. The van der Waals surface area contributed by atoms with Gasteiger partial charge in [-0.3, -0.25) is 28.9 Å². The SMILES string of the molecule is C[C@@H]1O[C@@H](OCCNC(=O)CN(CC(=O)NCCCCCC(=O)ON2C(=O)CCC2=O)CC(=O)NCCO[C@@H]2O[C@H](CO)[C@@H](O)[C@H](O)[C@H]2O)[C@@H](O)[C@H](O)[C@@H]1O. The van der Waals surface area contributed by atoms with Crippen LogP contribution in [0.3, 0.4) is 0 Å². The second kappa shape index (κ2) is 22.9. The zero-order chi connectivity index (χ0) is 40.7. The molecule has 314 valence electrons. The molecule has 0 aromatic heterocycles. The summed E-state index contributed by atoms with van der Waals surface area (Å²) in [5.74, 6) is -3.65. The fraction of sp³-hybridized carbons (Fsp3) is 0.812. The van der Waals surface area contributed by atoms with Gasteiger partial charge in [-0.2, -0.15) is 0 Å². The smallest absolute Gasteiger partial charge is 0.333 e. The standard InChI is InChI=1S/C32H53N5O18/c1-17-25(45)27(47)29(49)31(53-17)51-11-9-34-20(40)14-36(15-21(41)35-10-12-52-32-30(50)28(48)26(46)18(16-38)54-32)13-19(39)33-8-4-2-3-5-24(44)55-37-22(42)6-7-23(37)43/h17-18,25-32,38,45-50H,2-16H2,1H3,(H,33,39)(H,34,40)(H,35,41)/t17-,18+,25+,26+,27+,28-,29-,30+,31+,32+/m0/s1. The number of hydrogen-bond acceptors (Lipinski definition) is 19. The molecule has 3 heterocycles. The van der Waals surface area contributed by atoms with Gasteiger partial charge in [-0.25, -0.2) is 4.79 Å². The number of nitrogens with zero attached hydrogens (tertiary/aromatic N) is 2. The zero-order valence-electron chi connectivity index (χ0n) is 30.4. The van der Waals surface area contributed by atoms with Crippen molar-refractivity contribution in [1.29, 1.82) is 0 Å². The first kappa shape index (κ1) is 45.9. The molecule has 0 aliphatic carbocycles. The lowest BCUT2D eigenvalue weighted by molar-refractivity contribution is -0.300. The molecule has 10 N–H and O–H groups in total. The minimum absolute atomic E-state index is 0.0159. The first-order valence-corrected chi connectivity index (χ1v) is 17.9. The minimum Gasteiger partial charge on any atom is -0.394 e. The van der Waals surface area contributed by atoms with E-state index in [1.54, 1.807) is 0 Å². The Labute approximate surface area is 315 Å². The molecule has 3 aliphatic rings. The Morgan fingerprint density at radius 2 is 1.18 bits per heavy atom. The van der Waals surface area contributed by atoms with Crippen molar-refractivity contribution >= 4 is 35.5 Å². The van der Waals surface area contributed by atoms with Crippen molar-refractivity contribution < 1.29 is 88.3 Å². The minimum atomic E-state index is -1.65. The lowest BCUT2D eigenvalue weighted by Gasteiger charge is -2.39. The van der Waals surface area contributed by atoms with Gasteiger partial charge in [0.05, 0.1) is 45.6 Å². The maximum absolute atomic E-state index is 12.8. The van der Waals surface area contributed by atoms with Crippen LogP contribution >= 0.6 is 0 Å². The van der Waals surface area contributed by atoms with Gasteiger partial charge < -0.3 is 75.5 Å². The van der Waals surface area contributed by atoms with Gasteiger partial charge >= 0.3 is 5.97 Å². The van der Waals surface area contributed by atoms with E-state index < -0.39 is 117 Å². The third kappa shape index (κ3) is 14.5. The van der Waals surface area contributed by atoms with Crippen LogP contribution in [0, 0.1) is 0 Å². The van der Waals surface area contributed by atoms with Crippen LogP contribution in [0.5, 0.6) is 0 Å². The Hall–Kier alpha value is -3.46. The Morgan fingerprint density at radius 1 is 0.691 bits per heavy atom. The number of aliphatic hydroxyl groups is 7. The van der Waals surface area contributed by atoms with E-state index in [4.69, 9.17) is 23.8 Å². The second-order valence-corrected chi connectivity index (χ2v) is 13.2. The van der Waals surface area contributed by atoms with E-state index in [1.165, 1.54) is 11.8 Å². The number of imide groups is 1. The molecule has 0 aromatic carbocycles. The van der Waals surface area contributed by atoms with Crippen molar-refractivity contribution in [2.75, 3.05) is 59.1 Å². The number of carbonyl (C=O) groups is 6. The number of carbonyl (C=O) groups excluding carboxylic acids is 6.